The van der Waals surface area contributed by atoms with E-state index in [1.165, 1.54) is 5.56 Å². The van der Waals surface area contributed by atoms with E-state index in [2.05, 4.69) is 37.9 Å². The van der Waals surface area contributed by atoms with E-state index in [0.29, 0.717) is 24.4 Å². The Hall–Kier alpha value is -2.38. The van der Waals surface area contributed by atoms with Crippen molar-refractivity contribution < 1.29 is 9.47 Å². The molecule has 138 valence electrons. The van der Waals surface area contributed by atoms with Crippen LogP contribution in [0.4, 0.5) is 5.95 Å². The highest BCUT2D eigenvalue weighted by Crippen LogP contribution is 2.35. The van der Waals surface area contributed by atoms with Gasteiger partial charge in [-0.05, 0) is 31.0 Å². The van der Waals surface area contributed by atoms with E-state index in [0.717, 1.165) is 31.2 Å². The highest BCUT2D eigenvalue weighted by Gasteiger charge is 2.41. The molecule has 0 aliphatic carbocycles. The first-order chi connectivity index (χ1) is 12.8. The lowest BCUT2D eigenvalue weighted by Crippen LogP contribution is -2.46. The van der Waals surface area contributed by atoms with Crippen LogP contribution in [0.25, 0.3) is 0 Å². The first kappa shape index (κ1) is 17.1. The highest BCUT2D eigenvalue weighted by atomic mass is 16.5. The van der Waals surface area contributed by atoms with Gasteiger partial charge in [0.1, 0.15) is 5.75 Å². The summed E-state index contributed by atoms with van der Waals surface area (Å²) in [6, 6.07) is 10.9. The van der Waals surface area contributed by atoms with E-state index in [9.17, 15) is 0 Å². The number of nitrogens with zero attached hydrogens (tertiary/aromatic N) is 3. The third kappa shape index (κ3) is 3.32. The van der Waals surface area contributed by atoms with Crippen molar-refractivity contribution in [2.75, 3.05) is 31.7 Å². The topological polar surface area (TPSA) is 71.5 Å². The summed E-state index contributed by atoms with van der Waals surface area (Å²) in [5.41, 5.74) is 8.21. The standard InChI is InChI=1S/C19H25N5O2/c1-3-26-14-6-4-13(5-7-14)18-15-12-24(11-9-16(15)22-23-18)19-20-10-8-17(21-19)25-2/h4-8,10,15-16,18,22-23H,3,9,11-12H2,1-2H3. The molecule has 3 heterocycles. The van der Waals surface area contributed by atoms with E-state index < -0.39 is 0 Å². The molecule has 0 amide bonds. The van der Waals surface area contributed by atoms with Crippen molar-refractivity contribution >= 4 is 5.95 Å². The van der Waals surface area contributed by atoms with E-state index in [-0.39, 0.29) is 6.04 Å². The van der Waals surface area contributed by atoms with Crippen LogP contribution in [0.1, 0.15) is 24.9 Å². The van der Waals surface area contributed by atoms with Gasteiger partial charge in [-0.25, -0.2) is 10.4 Å². The summed E-state index contributed by atoms with van der Waals surface area (Å²) in [6.07, 6.45) is 2.80. The Morgan fingerprint density at radius 1 is 1.19 bits per heavy atom. The molecule has 1 aromatic carbocycles. The molecule has 1 aromatic heterocycles. The summed E-state index contributed by atoms with van der Waals surface area (Å²) in [4.78, 5) is 11.2. The molecule has 2 N–H and O–H groups in total. The van der Waals surface area contributed by atoms with Crippen molar-refractivity contribution in [1.82, 2.24) is 20.8 Å². The molecular formula is C19H25N5O2. The van der Waals surface area contributed by atoms with Crippen LogP contribution in [0.15, 0.2) is 36.5 Å². The van der Waals surface area contributed by atoms with E-state index in [4.69, 9.17) is 9.47 Å². The summed E-state index contributed by atoms with van der Waals surface area (Å²) < 4.78 is 10.8. The van der Waals surface area contributed by atoms with Crippen molar-refractivity contribution in [3.05, 3.63) is 42.1 Å². The molecule has 0 spiro atoms. The average Bonchev–Trinajstić information content (AvgIpc) is 3.12. The fourth-order valence-corrected chi connectivity index (χ4v) is 3.85. The van der Waals surface area contributed by atoms with Gasteiger partial charge in [0.15, 0.2) is 0 Å². The Morgan fingerprint density at radius 2 is 2.04 bits per heavy atom. The molecule has 0 radical (unpaired) electrons. The van der Waals surface area contributed by atoms with Crippen LogP contribution in [0, 0.1) is 5.92 Å². The number of hydrogen-bond acceptors (Lipinski definition) is 7. The lowest BCUT2D eigenvalue weighted by Gasteiger charge is -2.36. The molecule has 2 aliphatic heterocycles. The Morgan fingerprint density at radius 3 is 2.81 bits per heavy atom. The van der Waals surface area contributed by atoms with Gasteiger partial charge in [-0.15, -0.1) is 0 Å². The Bertz CT molecular complexity index is 739. The second kappa shape index (κ2) is 7.47. The van der Waals surface area contributed by atoms with Crippen LogP contribution in [-0.2, 0) is 0 Å². The summed E-state index contributed by atoms with van der Waals surface area (Å²) in [6.45, 7) is 4.51. The number of rotatable bonds is 5. The number of ether oxygens (including phenoxy) is 2. The van der Waals surface area contributed by atoms with E-state index >= 15 is 0 Å². The van der Waals surface area contributed by atoms with Crippen molar-refractivity contribution in [3.63, 3.8) is 0 Å². The molecule has 7 heteroatoms. The smallest absolute Gasteiger partial charge is 0.228 e. The minimum atomic E-state index is 0.254. The third-order valence-electron chi connectivity index (χ3n) is 5.17. The van der Waals surface area contributed by atoms with Gasteiger partial charge >= 0.3 is 0 Å². The molecule has 26 heavy (non-hydrogen) atoms. The predicted octanol–water partition coefficient (Wildman–Crippen LogP) is 1.93. The number of hydrazine groups is 1. The quantitative estimate of drug-likeness (QED) is 0.849. The SMILES string of the molecule is CCOc1ccc(C2NNC3CCN(c4nccc(OC)n4)CC32)cc1. The maximum atomic E-state index is 5.55. The summed E-state index contributed by atoms with van der Waals surface area (Å²) in [5.74, 6) is 2.69. The maximum Gasteiger partial charge on any atom is 0.228 e. The third-order valence-corrected chi connectivity index (χ3v) is 5.17. The highest BCUT2D eigenvalue weighted by molar-refractivity contribution is 5.35. The van der Waals surface area contributed by atoms with Gasteiger partial charge in [-0.2, -0.15) is 4.98 Å². The minimum Gasteiger partial charge on any atom is -0.494 e. The van der Waals surface area contributed by atoms with E-state index in [1.54, 1.807) is 19.4 Å². The fourth-order valence-electron chi connectivity index (χ4n) is 3.85. The number of fused-ring (bicyclic) bond motifs is 1. The second-order valence-corrected chi connectivity index (χ2v) is 6.67. The van der Waals surface area contributed by atoms with Crippen molar-refractivity contribution in [2.45, 2.75) is 25.4 Å². The van der Waals surface area contributed by atoms with E-state index in [1.807, 2.05) is 19.1 Å². The normalized spacial score (nSPS) is 25.0. The van der Waals surface area contributed by atoms with Crippen LogP contribution < -0.4 is 25.2 Å². The monoisotopic (exact) mass is 355 g/mol. The first-order valence-electron chi connectivity index (χ1n) is 9.14. The summed E-state index contributed by atoms with van der Waals surface area (Å²) in [7, 11) is 1.63. The summed E-state index contributed by atoms with van der Waals surface area (Å²) >= 11 is 0. The van der Waals surface area contributed by atoms with Gasteiger partial charge in [0.25, 0.3) is 0 Å². The lowest BCUT2D eigenvalue weighted by molar-refractivity contribution is 0.339. The van der Waals surface area contributed by atoms with Crippen molar-refractivity contribution in [1.29, 1.82) is 0 Å². The van der Waals surface area contributed by atoms with Crippen molar-refractivity contribution in [3.8, 4) is 11.6 Å². The molecule has 2 saturated heterocycles. The van der Waals surface area contributed by atoms with Gasteiger partial charge in [-0.1, -0.05) is 12.1 Å². The minimum absolute atomic E-state index is 0.254. The Balaban J connectivity index is 1.51. The lowest BCUT2D eigenvalue weighted by atomic mass is 9.85. The van der Waals surface area contributed by atoms with Crippen molar-refractivity contribution in [2.24, 2.45) is 5.92 Å². The van der Waals surface area contributed by atoms with Crippen LogP contribution in [0.5, 0.6) is 11.6 Å². The number of methoxy groups -OCH3 is 1. The van der Waals surface area contributed by atoms with Crippen LogP contribution >= 0.6 is 0 Å². The molecule has 2 aromatic rings. The first-order valence-corrected chi connectivity index (χ1v) is 9.14. The molecule has 4 rings (SSSR count). The molecule has 7 nitrogen and oxygen atoms in total. The Labute approximate surface area is 153 Å². The van der Waals surface area contributed by atoms with Crippen LogP contribution in [0.3, 0.4) is 0 Å². The van der Waals surface area contributed by atoms with Crippen LogP contribution in [-0.4, -0.2) is 42.8 Å². The maximum absolute atomic E-state index is 5.55. The molecule has 0 saturated carbocycles. The molecule has 3 atom stereocenters. The average molecular weight is 355 g/mol. The molecule has 3 unspecified atom stereocenters. The number of anilines is 1. The zero-order chi connectivity index (χ0) is 17.9. The largest absolute Gasteiger partial charge is 0.494 e. The van der Waals surface area contributed by atoms with Gasteiger partial charge in [-0.3, -0.25) is 5.43 Å². The van der Waals surface area contributed by atoms with Gasteiger partial charge in [0, 0.05) is 37.3 Å². The molecule has 2 aliphatic rings. The number of benzene rings is 1. The Kier molecular flexibility index (Phi) is 4.90. The number of hydrogen-bond donors (Lipinski definition) is 2. The number of nitrogens with one attached hydrogen (secondary N) is 2. The number of piperidine rings is 1. The predicted molar refractivity (Wildman–Crippen MR) is 99.3 cm³/mol. The number of aromatic nitrogens is 2. The molecular weight excluding hydrogens is 330 g/mol. The zero-order valence-electron chi connectivity index (χ0n) is 15.2. The van der Waals surface area contributed by atoms with Gasteiger partial charge in [0.2, 0.25) is 11.8 Å². The van der Waals surface area contributed by atoms with Gasteiger partial charge < -0.3 is 14.4 Å². The second-order valence-electron chi connectivity index (χ2n) is 6.67. The fraction of sp³-hybridized carbons (Fsp3) is 0.474. The van der Waals surface area contributed by atoms with Crippen LogP contribution in [0.2, 0.25) is 0 Å². The molecule has 0 bridgehead atoms. The summed E-state index contributed by atoms with van der Waals surface area (Å²) in [5, 5.41) is 0. The zero-order valence-corrected chi connectivity index (χ0v) is 15.2. The van der Waals surface area contributed by atoms with Gasteiger partial charge in [0.05, 0.1) is 19.8 Å². The molecule has 2 fully saturated rings.